The van der Waals surface area contributed by atoms with Crippen molar-refractivity contribution in [1.29, 1.82) is 0 Å². The quantitative estimate of drug-likeness (QED) is 0.779. The summed E-state index contributed by atoms with van der Waals surface area (Å²) in [5.41, 5.74) is 7.58. The van der Waals surface area contributed by atoms with Crippen LogP contribution in [0.25, 0.3) is 11.0 Å². The highest BCUT2D eigenvalue weighted by molar-refractivity contribution is 5.78. The van der Waals surface area contributed by atoms with Crippen molar-refractivity contribution in [1.82, 2.24) is 0 Å². The van der Waals surface area contributed by atoms with Crippen molar-refractivity contribution in [3.05, 3.63) is 59.9 Å². The topological polar surface area (TPSA) is 57.6 Å². The Morgan fingerprint density at radius 2 is 1.76 bits per heavy atom. The third-order valence-corrected chi connectivity index (χ3v) is 3.31. The molecule has 2 aromatic carbocycles. The lowest BCUT2D eigenvalue weighted by atomic mass is 10.1. The van der Waals surface area contributed by atoms with E-state index in [9.17, 15) is 0 Å². The number of rotatable bonds is 5. The molecular weight excluding hydrogens is 266 g/mol. The zero-order valence-electron chi connectivity index (χ0n) is 11.8. The SMILES string of the molecule is COc1ccc(OCc2cc3cc(CN)ccc3o2)cc1. The smallest absolute Gasteiger partial charge is 0.146 e. The fraction of sp³-hybridized carbons (Fsp3) is 0.176. The van der Waals surface area contributed by atoms with E-state index in [-0.39, 0.29) is 0 Å². The van der Waals surface area contributed by atoms with E-state index in [2.05, 4.69) is 0 Å². The van der Waals surface area contributed by atoms with Crippen LogP contribution >= 0.6 is 0 Å². The van der Waals surface area contributed by atoms with Gasteiger partial charge in [-0.25, -0.2) is 0 Å². The predicted octanol–water partition coefficient (Wildman–Crippen LogP) is 3.48. The lowest BCUT2D eigenvalue weighted by molar-refractivity contribution is 0.274. The molecule has 4 heteroatoms. The van der Waals surface area contributed by atoms with Gasteiger partial charge in [0.15, 0.2) is 0 Å². The van der Waals surface area contributed by atoms with Crippen LogP contribution in [0, 0.1) is 0 Å². The van der Waals surface area contributed by atoms with Crippen LogP contribution in [0.1, 0.15) is 11.3 Å². The summed E-state index contributed by atoms with van der Waals surface area (Å²) in [4.78, 5) is 0. The molecule has 1 aromatic heterocycles. The van der Waals surface area contributed by atoms with Gasteiger partial charge in [-0.2, -0.15) is 0 Å². The van der Waals surface area contributed by atoms with Crippen molar-refractivity contribution in [2.24, 2.45) is 5.73 Å². The molecule has 108 valence electrons. The highest BCUT2D eigenvalue weighted by atomic mass is 16.5. The zero-order chi connectivity index (χ0) is 14.7. The lowest BCUT2D eigenvalue weighted by Gasteiger charge is -2.05. The van der Waals surface area contributed by atoms with E-state index >= 15 is 0 Å². The van der Waals surface area contributed by atoms with E-state index in [4.69, 9.17) is 19.6 Å². The molecule has 3 rings (SSSR count). The van der Waals surface area contributed by atoms with Crippen LogP contribution in [-0.4, -0.2) is 7.11 Å². The van der Waals surface area contributed by atoms with Crippen LogP contribution in [0.5, 0.6) is 11.5 Å². The fourth-order valence-corrected chi connectivity index (χ4v) is 2.17. The second-order valence-corrected chi connectivity index (χ2v) is 4.75. The van der Waals surface area contributed by atoms with Gasteiger partial charge in [0.2, 0.25) is 0 Å². The number of hydrogen-bond acceptors (Lipinski definition) is 4. The molecule has 0 unspecified atom stereocenters. The van der Waals surface area contributed by atoms with Gasteiger partial charge in [0.1, 0.15) is 29.4 Å². The van der Waals surface area contributed by atoms with Crippen molar-refractivity contribution in [3.8, 4) is 11.5 Å². The summed E-state index contributed by atoms with van der Waals surface area (Å²) in [6.07, 6.45) is 0. The molecule has 0 spiro atoms. The number of nitrogens with two attached hydrogens (primary N) is 1. The second-order valence-electron chi connectivity index (χ2n) is 4.75. The van der Waals surface area contributed by atoms with Gasteiger partial charge in [0.25, 0.3) is 0 Å². The summed E-state index contributed by atoms with van der Waals surface area (Å²) in [7, 11) is 1.64. The first-order chi connectivity index (χ1) is 10.3. The van der Waals surface area contributed by atoms with E-state index in [0.717, 1.165) is 33.8 Å². The zero-order valence-corrected chi connectivity index (χ0v) is 11.8. The second kappa shape index (κ2) is 5.89. The van der Waals surface area contributed by atoms with Gasteiger partial charge >= 0.3 is 0 Å². The Morgan fingerprint density at radius 3 is 2.48 bits per heavy atom. The molecule has 0 aliphatic carbocycles. The summed E-state index contributed by atoms with van der Waals surface area (Å²) in [6.45, 7) is 0.914. The number of furan rings is 1. The highest BCUT2D eigenvalue weighted by Gasteiger charge is 2.05. The molecule has 0 atom stereocenters. The highest BCUT2D eigenvalue weighted by Crippen LogP contribution is 2.23. The maximum atomic E-state index is 5.74. The third kappa shape index (κ3) is 3.01. The van der Waals surface area contributed by atoms with Crippen LogP contribution in [0.3, 0.4) is 0 Å². The van der Waals surface area contributed by atoms with E-state index in [0.29, 0.717) is 13.2 Å². The van der Waals surface area contributed by atoms with Crippen LogP contribution in [0.15, 0.2) is 52.9 Å². The fourth-order valence-electron chi connectivity index (χ4n) is 2.17. The number of hydrogen-bond donors (Lipinski definition) is 1. The number of benzene rings is 2. The Kier molecular flexibility index (Phi) is 3.79. The Hall–Kier alpha value is -2.46. The molecule has 0 bridgehead atoms. The van der Waals surface area contributed by atoms with Crippen molar-refractivity contribution >= 4 is 11.0 Å². The number of fused-ring (bicyclic) bond motifs is 1. The van der Waals surface area contributed by atoms with E-state index < -0.39 is 0 Å². The molecule has 0 saturated heterocycles. The summed E-state index contributed by atoms with van der Waals surface area (Å²) >= 11 is 0. The van der Waals surface area contributed by atoms with Gasteiger partial charge in [-0.1, -0.05) is 6.07 Å². The third-order valence-electron chi connectivity index (χ3n) is 3.31. The monoisotopic (exact) mass is 283 g/mol. The minimum atomic E-state index is 0.388. The lowest BCUT2D eigenvalue weighted by Crippen LogP contribution is -1.94. The predicted molar refractivity (Wildman–Crippen MR) is 81.4 cm³/mol. The van der Waals surface area contributed by atoms with Crippen molar-refractivity contribution < 1.29 is 13.9 Å². The maximum absolute atomic E-state index is 5.74. The normalized spacial score (nSPS) is 10.8. The Bertz CT molecular complexity index is 731. The molecule has 0 fully saturated rings. The van der Waals surface area contributed by atoms with E-state index in [1.807, 2.05) is 48.5 Å². The summed E-state index contributed by atoms with van der Waals surface area (Å²) in [5.74, 6) is 2.37. The molecule has 0 aliphatic rings. The van der Waals surface area contributed by atoms with Gasteiger partial charge < -0.3 is 19.6 Å². The van der Waals surface area contributed by atoms with Gasteiger partial charge in [-0.3, -0.25) is 0 Å². The van der Waals surface area contributed by atoms with Gasteiger partial charge in [0, 0.05) is 11.9 Å². The minimum absolute atomic E-state index is 0.388. The Balaban J connectivity index is 1.72. The van der Waals surface area contributed by atoms with Crippen LogP contribution < -0.4 is 15.2 Å². The molecule has 21 heavy (non-hydrogen) atoms. The number of methoxy groups -OCH3 is 1. The van der Waals surface area contributed by atoms with Crippen LogP contribution in [0.2, 0.25) is 0 Å². The summed E-state index contributed by atoms with van der Waals surface area (Å²) in [5, 5.41) is 1.05. The van der Waals surface area contributed by atoms with Crippen molar-refractivity contribution in [2.75, 3.05) is 7.11 Å². The summed E-state index contributed by atoms with van der Waals surface area (Å²) in [6, 6.07) is 15.4. The number of ether oxygens (including phenoxy) is 2. The molecular formula is C17H17NO3. The van der Waals surface area contributed by atoms with Crippen molar-refractivity contribution in [3.63, 3.8) is 0 Å². The molecule has 3 aromatic rings. The van der Waals surface area contributed by atoms with Gasteiger partial charge in [-0.15, -0.1) is 0 Å². The molecule has 0 amide bonds. The average molecular weight is 283 g/mol. The first kappa shape index (κ1) is 13.5. The van der Waals surface area contributed by atoms with Crippen LogP contribution in [0.4, 0.5) is 0 Å². The first-order valence-corrected chi connectivity index (χ1v) is 6.77. The van der Waals surface area contributed by atoms with E-state index in [1.165, 1.54) is 0 Å². The molecule has 0 radical (unpaired) electrons. The largest absolute Gasteiger partial charge is 0.497 e. The van der Waals surface area contributed by atoms with Gasteiger partial charge in [0.05, 0.1) is 7.11 Å². The molecule has 0 aliphatic heterocycles. The van der Waals surface area contributed by atoms with Crippen LogP contribution in [-0.2, 0) is 13.2 Å². The van der Waals surface area contributed by atoms with Crippen molar-refractivity contribution in [2.45, 2.75) is 13.2 Å². The minimum Gasteiger partial charge on any atom is -0.497 e. The first-order valence-electron chi connectivity index (χ1n) is 6.77. The maximum Gasteiger partial charge on any atom is 0.146 e. The standard InChI is InChI=1S/C17H17NO3/c1-19-14-3-5-15(6-4-14)20-11-16-9-13-8-12(10-18)2-7-17(13)21-16/h2-9H,10-11,18H2,1H3. The molecule has 4 nitrogen and oxygen atoms in total. The molecule has 2 N–H and O–H groups in total. The van der Waals surface area contributed by atoms with Gasteiger partial charge in [-0.05, 0) is 48.0 Å². The Morgan fingerprint density at radius 1 is 1.00 bits per heavy atom. The Labute approximate surface area is 123 Å². The summed E-state index contributed by atoms with van der Waals surface area (Å²) < 4.78 is 16.6. The molecule has 1 heterocycles. The molecule has 0 saturated carbocycles. The van der Waals surface area contributed by atoms with E-state index in [1.54, 1.807) is 7.11 Å². The average Bonchev–Trinajstić information content (AvgIpc) is 2.95.